The van der Waals surface area contributed by atoms with Crippen LogP contribution in [0.3, 0.4) is 0 Å². The molecule has 0 radical (unpaired) electrons. The van der Waals surface area contributed by atoms with Crippen LogP contribution in [0.4, 0.5) is 5.69 Å². The van der Waals surface area contributed by atoms with Gasteiger partial charge in [-0.05, 0) is 60.1 Å². The molecule has 0 saturated carbocycles. The third-order valence-electron chi connectivity index (χ3n) is 2.91. The average Bonchev–Trinajstić information content (AvgIpc) is 2.38. The molecule has 0 N–H and O–H groups in total. The fraction of sp³-hybridized carbons (Fsp3) is 0.200. The van der Waals surface area contributed by atoms with Crippen LogP contribution in [0.25, 0.3) is 0 Å². The average molecular weight is 433 g/mol. The van der Waals surface area contributed by atoms with Gasteiger partial charge in [0.15, 0.2) is 0 Å². The molecule has 3 nitrogen and oxygen atoms in total. The molecule has 0 saturated heterocycles. The molecule has 0 aliphatic carbocycles. The van der Waals surface area contributed by atoms with Gasteiger partial charge < -0.3 is 0 Å². The zero-order valence-electron chi connectivity index (χ0n) is 11.6. The lowest BCUT2D eigenvalue weighted by Crippen LogP contribution is -2.37. The number of benzene rings is 2. The van der Waals surface area contributed by atoms with E-state index in [1.54, 1.807) is 30.3 Å². The van der Waals surface area contributed by atoms with Crippen molar-refractivity contribution in [2.24, 2.45) is 0 Å². The van der Waals surface area contributed by atoms with Gasteiger partial charge in [-0.15, -0.1) is 0 Å². The van der Waals surface area contributed by atoms with E-state index >= 15 is 0 Å². The highest BCUT2D eigenvalue weighted by Gasteiger charge is 2.29. The van der Waals surface area contributed by atoms with Crippen LogP contribution in [0.1, 0.15) is 13.8 Å². The summed E-state index contributed by atoms with van der Waals surface area (Å²) in [5.41, 5.74) is 0.655. The maximum Gasteiger partial charge on any atom is 0.265 e. The van der Waals surface area contributed by atoms with Crippen molar-refractivity contribution in [2.45, 2.75) is 24.8 Å². The Morgan fingerprint density at radius 1 is 1.00 bits per heavy atom. The summed E-state index contributed by atoms with van der Waals surface area (Å²) in [6.07, 6.45) is 0. The van der Waals surface area contributed by atoms with Crippen molar-refractivity contribution in [3.63, 3.8) is 0 Å². The Morgan fingerprint density at radius 3 is 2.14 bits per heavy atom. The van der Waals surface area contributed by atoms with Crippen LogP contribution in [0.2, 0.25) is 0 Å². The van der Waals surface area contributed by atoms with Crippen molar-refractivity contribution in [3.05, 3.63) is 57.5 Å². The molecule has 0 spiro atoms. The summed E-state index contributed by atoms with van der Waals surface area (Å²) in [7, 11) is -3.64. The van der Waals surface area contributed by atoms with Gasteiger partial charge in [0.05, 0.1) is 5.69 Å². The molecule has 2 aromatic carbocycles. The molecule has 0 aliphatic rings. The number of hydrogen-bond donors (Lipinski definition) is 0. The minimum absolute atomic E-state index is 0.187. The molecular weight excluding hydrogens is 418 g/mol. The fourth-order valence-electron chi connectivity index (χ4n) is 2.08. The van der Waals surface area contributed by atoms with Gasteiger partial charge in [0.25, 0.3) is 10.0 Å². The Balaban J connectivity index is 2.59. The molecule has 0 aliphatic heterocycles. The van der Waals surface area contributed by atoms with E-state index in [-0.39, 0.29) is 10.9 Å². The van der Waals surface area contributed by atoms with E-state index in [0.29, 0.717) is 10.2 Å². The van der Waals surface area contributed by atoms with Crippen LogP contribution in [0.15, 0.2) is 62.4 Å². The van der Waals surface area contributed by atoms with Crippen LogP contribution in [-0.4, -0.2) is 14.5 Å². The lowest BCUT2D eigenvalue weighted by molar-refractivity contribution is 0.584. The second-order valence-electron chi connectivity index (χ2n) is 4.80. The van der Waals surface area contributed by atoms with Crippen molar-refractivity contribution in [3.8, 4) is 0 Å². The quantitative estimate of drug-likeness (QED) is 0.694. The molecule has 0 unspecified atom stereocenters. The number of halogens is 2. The Bertz CT molecular complexity index is 731. The largest absolute Gasteiger partial charge is 0.265 e. The van der Waals surface area contributed by atoms with Crippen LogP contribution >= 0.6 is 31.9 Å². The lowest BCUT2D eigenvalue weighted by Gasteiger charge is -2.28. The van der Waals surface area contributed by atoms with E-state index in [1.165, 1.54) is 4.31 Å². The van der Waals surface area contributed by atoms with Gasteiger partial charge in [-0.1, -0.05) is 34.1 Å². The van der Waals surface area contributed by atoms with Crippen molar-refractivity contribution in [2.75, 3.05) is 4.31 Å². The molecule has 0 heterocycles. The number of anilines is 1. The maximum absolute atomic E-state index is 13.0. The van der Waals surface area contributed by atoms with Gasteiger partial charge in [0.2, 0.25) is 0 Å². The Kier molecular flexibility index (Phi) is 5.11. The van der Waals surface area contributed by atoms with Gasteiger partial charge in [-0.25, -0.2) is 8.42 Å². The molecule has 2 aromatic rings. The number of nitrogens with zero attached hydrogens (tertiary/aromatic N) is 1. The summed E-state index contributed by atoms with van der Waals surface area (Å²) in [6.45, 7) is 3.72. The summed E-state index contributed by atoms with van der Waals surface area (Å²) < 4.78 is 28.8. The van der Waals surface area contributed by atoms with E-state index < -0.39 is 10.0 Å². The lowest BCUT2D eigenvalue weighted by atomic mass is 10.3. The van der Waals surface area contributed by atoms with Crippen molar-refractivity contribution in [1.82, 2.24) is 0 Å². The number of sulfonamides is 1. The molecule has 0 atom stereocenters. The molecule has 21 heavy (non-hydrogen) atoms. The summed E-state index contributed by atoms with van der Waals surface area (Å²) >= 11 is 6.67. The molecular formula is C15H15Br2NO2S. The van der Waals surface area contributed by atoms with E-state index in [1.807, 2.05) is 32.0 Å². The van der Waals surface area contributed by atoms with Gasteiger partial charge in [-0.2, -0.15) is 0 Å². The van der Waals surface area contributed by atoms with Crippen molar-refractivity contribution < 1.29 is 8.42 Å². The molecule has 112 valence electrons. The van der Waals surface area contributed by atoms with Gasteiger partial charge in [-0.3, -0.25) is 4.31 Å². The summed E-state index contributed by atoms with van der Waals surface area (Å²) in [6, 6.07) is 14.0. The van der Waals surface area contributed by atoms with Gasteiger partial charge in [0, 0.05) is 15.0 Å². The van der Waals surface area contributed by atoms with E-state index in [4.69, 9.17) is 0 Å². The highest BCUT2D eigenvalue weighted by Crippen LogP contribution is 2.31. The first kappa shape index (κ1) is 16.5. The zero-order chi connectivity index (χ0) is 15.6. The number of rotatable bonds is 4. The topological polar surface area (TPSA) is 37.4 Å². The highest BCUT2D eigenvalue weighted by molar-refractivity contribution is 9.11. The van der Waals surface area contributed by atoms with Crippen LogP contribution in [-0.2, 0) is 10.0 Å². The standard InChI is InChI=1S/C15H15Br2NO2S/c1-11(2)18(13-6-4-3-5-7-13)21(19,20)15-9-8-12(16)10-14(15)17/h3-11H,1-2H3. The Labute approximate surface area is 142 Å². The minimum atomic E-state index is -3.64. The molecule has 0 fully saturated rings. The normalized spacial score (nSPS) is 11.7. The van der Waals surface area contributed by atoms with Gasteiger partial charge >= 0.3 is 0 Å². The third-order valence-corrected chi connectivity index (χ3v) is 6.38. The van der Waals surface area contributed by atoms with E-state index in [0.717, 1.165) is 4.47 Å². The predicted octanol–water partition coefficient (Wildman–Crippen LogP) is 4.82. The number of hydrogen-bond acceptors (Lipinski definition) is 2. The summed E-state index contributed by atoms with van der Waals surface area (Å²) in [5, 5.41) is 0. The highest BCUT2D eigenvalue weighted by atomic mass is 79.9. The third kappa shape index (κ3) is 3.49. The Hall–Kier alpha value is -0.850. The van der Waals surface area contributed by atoms with Crippen molar-refractivity contribution >= 4 is 47.6 Å². The molecule has 0 amide bonds. The van der Waals surface area contributed by atoms with Crippen LogP contribution in [0.5, 0.6) is 0 Å². The van der Waals surface area contributed by atoms with Crippen LogP contribution in [0, 0.1) is 0 Å². The van der Waals surface area contributed by atoms with E-state index in [9.17, 15) is 8.42 Å². The molecule has 2 rings (SSSR count). The SMILES string of the molecule is CC(C)N(c1ccccc1)S(=O)(=O)c1ccc(Br)cc1Br. The first-order valence-electron chi connectivity index (χ1n) is 6.38. The smallest absolute Gasteiger partial charge is 0.264 e. The first-order chi connectivity index (χ1) is 9.84. The van der Waals surface area contributed by atoms with E-state index in [2.05, 4.69) is 31.9 Å². The summed E-state index contributed by atoms with van der Waals surface area (Å²) in [5.74, 6) is 0. The molecule has 0 aromatic heterocycles. The van der Waals surface area contributed by atoms with Crippen LogP contribution < -0.4 is 4.31 Å². The monoisotopic (exact) mass is 431 g/mol. The molecule has 0 bridgehead atoms. The number of para-hydroxylation sites is 1. The van der Waals surface area contributed by atoms with Gasteiger partial charge in [0.1, 0.15) is 4.90 Å². The second kappa shape index (κ2) is 6.50. The minimum Gasteiger partial charge on any atom is -0.264 e. The fourth-order valence-corrected chi connectivity index (χ4v) is 5.45. The second-order valence-corrected chi connectivity index (χ2v) is 8.36. The zero-order valence-corrected chi connectivity index (χ0v) is 15.6. The van der Waals surface area contributed by atoms with Crippen molar-refractivity contribution in [1.29, 1.82) is 0 Å². The summed E-state index contributed by atoms with van der Waals surface area (Å²) in [4.78, 5) is 0.253. The first-order valence-corrected chi connectivity index (χ1v) is 9.41. The molecule has 6 heteroatoms. The maximum atomic E-state index is 13.0. The predicted molar refractivity (Wildman–Crippen MR) is 93.1 cm³/mol. The Morgan fingerprint density at radius 2 is 1.62 bits per heavy atom.